The van der Waals surface area contributed by atoms with Gasteiger partial charge in [0.25, 0.3) is 0 Å². The van der Waals surface area contributed by atoms with Gasteiger partial charge in [-0.3, -0.25) is 4.79 Å². The second-order valence-electron chi connectivity index (χ2n) is 4.30. The minimum absolute atomic E-state index is 0.184. The summed E-state index contributed by atoms with van der Waals surface area (Å²) in [5.74, 6) is 1.21. The first-order valence-electron chi connectivity index (χ1n) is 5.08. The van der Waals surface area contributed by atoms with Gasteiger partial charge in [0.15, 0.2) is 5.78 Å². The van der Waals surface area contributed by atoms with Crippen molar-refractivity contribution < 1.29 is 4.79 Å². The first-order chi connectivity index (χ1) is 6.43. The topological polar surface area (TPSA) is 17.1 Å². The van der Waals surface area contributed by atoms with E-state index in [1.807, 2.05) is 0 Å². The van der Waals surface area contributed by atoms with E-state index in [0.717, 1.165) is 4.88 Å². The van der Waals surface area contributed by atoms with Crippen molar-refractivity contribution in [1.82, 2.24) is 0 Å². The molecule has 0 aromatic carbocycles. The van der Waals surface area contributed by atoms with Crippen LogP contribution in [0.2, 0.25) is 0 Å². The third-order valence-electron chi connectivity index (χ3n) is 2.28. The van der Waals surface area contributed by atoms with Crippen molar-refractivity contribution in [3.8, 4) is 0 Å². The molecule has 0 saturated heterocycles. The van der Waals surface area contributed by atoms with Gasteiger partial charge in [0.1, 0.15) is 0 Å². The SMILES string of the molecule is CC(=O)c1cc(C(C)C)c(C(C)C)s1. The number of carbonyl (C=O) groups is 1. The van der Waals surface area contributed by atoms with Gasteiger partial charge in [-0.1, -0.05) is 27.7 Å². The minimum Gasteiger partial charge on any atom is -0.294 e. The average molecular weight is 210 g/mol. The van der Waals surface area contributed by atoms with Gasteiger partial charge in [-0.15, -0.1) is 11.3 Å². The van der Waals surface area contributed by atoms with Crippen LogP contribution in [0.15, 0.2) is 6.07 Å². The van der Waals surface area contributed by atoms with Gasteiger partial charge < -0.3 is 0 Å². The summed E-state index contributed by atoms with van der Waals surface area (Å²) in [6, 6.07) is 2.06. The Morgan fingerprint density at radius 2 is 1.79 bits per heavy atom. The van der Waals surface area contributed by atoms with Crippen LogP contribution in [-0.2, 0) is 0 Å². The maximum atomic E-state index is 11.3. The lowest BCUT2D eigenvalue weighted by atomic mass is 9.98. The first kappa shape index (κ1) is 11.4. The highest BCUT2D eigenvalue weighted by molar-refractivity contribution is 7.14. The molecule has 0 unspecified atom stereocenters. The monoisotopic (exact) mass is 210 g/mol. The Bertz CT molecular complexity index is 309. The maximum absolute atomic E-state index is 11.3. The van der Waals surface area contributed by atoms with Gasteiger partial charge in [-0.25, -0.2) is 0 Å². The lowest BCUT2D eigenvalue weighted by molar-refractivity contribution is 0.102. The molecule has 1 aromatic rings. The summed E-state index contributed by atoms with van der Waals surface area (Å²) in [4.78, 5) is 13.5. The highest BCUT2D eigenvalue weighted by Crippen LogP contribution is 2.34. The van der Waals surface area contributed by atoms with Gasteiger partial charge in [0.2, 0.25) is 0 Å². The van der Waals surface area contributed by atoms with E-state index >= 15 is 0 Å². The van der Waals surface area contributed by atoms with E-state index in [4.69, 9.17) is 0 Å². The molecule has 1 nitrogen and oxygen atoms in total. The van der Waals surface area contributed by atoms with Gasteiger partial charge >= 0.3 is 0 Å². The minimum atomic E-state index is 0.184. The lowest BCUT2D eigenvalue weighted by Crippen LogP contribution is -1.92. The molecule has 1 heterocycles. The fourth-order valence-electron chi connectivity index (χ4n) is 1.50. The largest absolute Gasteiger partial charge is 0.294 e. The molecule has 0 aliphatic carbocycles. The summed E-state index contributed by atoms with van der Waals surface area (Å²) in [7, 11) is 0. The quantitative estimate of drug-likeness (QED) is 0.683. The van der Waals surface area contributed by atoms with E-state index in [2.05, 4.69) is 33.8 Å². The lowest BCUT2D eigenvalue weighted by Gasteiger charge is -2.08. The number of carbonyl (C=O) groups excluding carboxylic acids is 1. The zero-order valence-corrected chi connectivity index (χ0v) is 10.4. The van der Waals surface area contributed by atoms with E-state index in [1.165, 1.54) is 10.4 Å². The molecule has 0 amide bonds. The van der Waals surface area contributed by atoms with Crippen molar-refractivity contribution in [2.24, 2.45) is 0 Å². The second kappa shape index (κ2) is 4.26. The smallest absolute Gasteiger partial charge is 0.169 e. The molecule has 2 heteroatoms. The normalized spacial score (nSPS) is 11.4. The van der Waals surface area contributed by atoms with Gasteiger partial charge in [-0.2, -0.15) is 0 Å². The number of ketones is 1. The van der Waals surface area contributed by atoms with E-state index in [9.17, 15) is 4.79 Å². The van der Waals surface area contributed by atoms with Crippen LogP contribution in [0.5, 0.6) is 0 Å². The van der Waals surface area contributed by atoms with Crippen LogP contribution >= 0.6 is 11.3 Å². The third kappa shape index (κ3) is 2.24. The molecule has 0 atom stereocenters. The van der Waals surface area contributed by atoms with E-state index in [0.29, 0.717) is 11.8 Å². The van der Waals surface area contributed by atoms with Crippen molar-refractivity contribution in [3.05, 3.63) is 21.4 Å². The van der Waals surface area contributed by atoms with Crippen molar-refractivity contribution in [2.75, 3.05) is 0 Å². The number of hydrogen-bond donors (Lipinski definition) is 0. The van der Waals surface area contributed by atoms with Crippen LogP contribution in [0.3, 0.4) is 0 Å². The number of hydrogen-bond acceptors (Lipinski definition) is 2. The molecule has 0 aliphatic heterocycles. The third-order valence-corrected chi connectivity index (χ3v) is 3.84. The maximum Gasteiger partial charge on any atom is 0.169 e. The zero-order chi connectivity index (χ0) is 10.9. The summed E-state index contributed by atoms with van der Waals surface area (Å²) >= 11 is 1.65. The van der Waals surface area contributed by atoms with Crippen LogP contribution in [0, 0.1) is 0 Å². The highest BCUT2D eigenvalue weighted by Gasteiger charge is 2.16. The number of rotatable bonds is 3. The Morgan fingerprint density at radius 3 is 2.07 bits per heavy atom. The van der Waals surface area contributed by atoms with Crippen LogP contribution in [0.4, 0.5) is 0 Å². The zero-order valence-electron chi connectivity index (χ0n) is 9.55. The molecule has 0 saturated carbocycles. The molecular formula is C12H18OS. The fraction of sp³-hybridized carbons (Fsp3) is 0.583. The molecule has 0 fully saturated rings. The Morgan fingerprint density at radius 1 is 1.21 bits per heavy atom. The Hall–Kier alpha value is -0.630. The average Bonchev–Trinajstić information content (AvgIpc) is 2.47. The number of thiophene rings is 1. The molecule has 0 N–H and O–H groups in total. The summed E-state index contributed by atoms with van der Waals surface area (Å²) in [5.41, 5.74) is 1.34. The Balaban J connectivity index is 3.19. The molecular weight excluding hydrogens is 192 g/mol. The van der Waals surface area contributed by atoms with Crippen LogP contribution in [-0.4, -0.2) is 5.78 Å². The van der Waals surface area contributed by atoms with Crippen molar-refractivity contribution >= 4 is 17.1 Å². The van der Waals surface area contributed by atoms with Crippen molar-refractivity contribution in [2.45, 2.75) is 46.5 Å². The van der Waals surface area contributed by atoms with Gasteiger partial charge in [0, 0.05) is 4.88 Å². The fourth-order valence-corrected chi connectivity index (χ4v) is 2.71. The molecule has 78 valence electrons. The summed E-state index contributed by atoms with van der Waals surface area (Å²) in [6.07, 6.45) is 0. The Kier molecular flexibility index (Phi) is 3.48. The predicted molar refractivity (Wildman–Crippen MR) is 62.5 cm³/mol. The summed E-state index contributed by atoms with van der Waals surface area (Å²) < 4.78 is 0. The summed E-state index contributed by atoms with van der Waals surface area (Å²) in [5, 5.41) is 0. The van der Waals surface area contributed by atoms with E-state index in [-0.39, 0.29) is 5.78 Å². The van der Waals surface area contributed by atoms with Crippen molar-refractivity contribution in [3.63, 3.8) is 0 Å². The second-order valence-corrected chi connectivity index (χ2v) is 5.38. The molecule has 14 heavy (non-hydrogen) atoms. The molecule has 0 aliphatic rings. The van der Waals surface area contributed by atoms with Gasteiger partial charge in [0.05, 0.1) is 4.88 Å². The number of Topliss-reactive ketones (excluding diaryl/α,β-unsaturated/α-hetero) is 1. The molecule has 0 bridgehead atoms. The molecule has 0 spiro atoms. The Labute approximate surface area is 90.2 Å². The van der Waals surface area contributed by atoms with Crippen LogP contribution < -0.4 is 0 Å². The molecule has 1 aromatic heterocycles. The van der Waals surface area contributed by atoms with E-state index < -0.39 is 0 Å². The van der Waals surface area contributed by atoms with Crippen LogP contribution in [0.25, 0.3) is 0 Å². The van der Waals surface area contributed by atoms with E-state index in [1.54, 1.807) is 18.3 Å². The van der Waals surface area contributed by atoms with Crippen molar-refractivity contribution in [1.29, 1.82) is 0 Å². The standard InChI is InChI=1S/C12H18OS/c1-7(2)10-6-11(9(5)13)14-12(10)8(3)4/h6-8H,1-5H3. The molecule has 0 radical (unpaired) electrons. The summed E-state index contributed by atoms with van der Waals surface area (Å²) in [6.45, 7) is 10.4. The molecule has 1 rings (SSSR count). The van der Waals surface area contributed by atoms with Crippen LogP contribution in [0.1, 0.15) is 66.6 Å². The highest BCUT2D eigenvalue weighted by atomic mass is 32.1. The predicted octanol–water partition coefficient (Wildman–Crippen LogP) is 4.20. The first-order valence-corrected chi connectivity index (χ1v) is 5.89. The van der Waals surface area contributed by atoms with Gasteiger partial charge in [-0.05, 0) is 30.4 Å².